The lowest BCUT2D eigenvalue weighted by atomic mass is 10.0. The Morgan fingerprint density at radius 2 is 2.26 bits per heavy atom. The van der Waals surface area contributed by atoms with Crippen LogP contribution in [0.5, 0.6) is 0 Å². The van der Waals surface area contributed by atoms with Crippen molar-refractivity contribution in [3.8, 4) is 0 Å². The number of carboxylic acids is 1. The molecule has 3 nitrogen and oxygen atoms in total. The van der Waals surface area contributed by atoms with E-state index in [0.29, 0.717) is 16.5 Å². The number of halogens is 2. The fourth-order valence-electron chi connectivity index (χ4n) is 2.84. The molecular formula is C14H17Cl2NO2. The van der Waals surface area contributed by atoms with Crippen LogP contribution >= 0.6 is 23.2 Å². The van der Waals surface area contributed by atoms with Crippen LogP contribution < -0.4 is 0 Å². The molecule has 2 unspecified atom stereocenters. The minimum absolute atomic E-state index is 0.00907. The van der Waals surface area contributed by atoms with E-state index in [1.165, 1.54) is 0 Å². The highest BCUT2D eigenvalue weighted by Crippen LogP contribution is 2.37. The van der Waals surface area contributed by atoms with Crippen LogP contribution in [0.4, 0.5) is 0 Å². The molecule has 0 saturated carbocycles. The summed E-state index contributed by atoms with van der Waals surface area (Å²) in [5, 5.41) is 10.3. The van der Waals surface area contributed by atoms with Gasteiger partial charge in [-0.3, -0.25) is 9.69 Å². The molecule has 0 amide bonds. The molecular weight excluding hydrogens is 285 g/mol. The van der Waals surface area contributed by atoms with Gasteiger partial charge in [0.25, 0.3) is 0 Å². The van der Waals surface area contributed by atoms with Crippen LogP contribution in [0, 0.1) is 0 Å². The second-order valence-electron chi connectivity index (χ2n) is 4.80. The number of nitrogens with zero attached hydrogens (tertiary/aromatic N) is 1. The van der Waals surface area contributed by atoms with Gasteiger partial charge in [0.2, 0.25) is 0 Å². The molecule has 0 radical (unpaired) electrons. The normalized spacial score (nSPS) is 21.5. The second kappa shape index (κ2) is 6.12. The SMILES string of the molecule is CCC(c1cccc(Cl)c1Cl)N1CCCC1C(=O)O. The van der Waals surface area contributed by atoms with Crippen molar-refractivity contribution >= 4 is 29.2 Å². The van der Waals surface area contributed by atoms with Crippen LogP contribution in [-0.2, 0) is 4.79 Å². The molecule has 1 fully saturated rings. The van der Waals surface area contributed by atoms with E-state index in [2.05, 4.69) is 0 Å². The molecule has 1 aliphatic rings. The van der Waals surface area contributed by atoms with Gasteiger partial charge in [-0.15, -0.1) is 0 Å². The maximum absolute atomic E-state index is 11.3. The highest BCUT2D eigenvalue weighted by atomic mass is 35.5. The summed E-state index contributed by atoms with van der Waals surface area (Å²) in [5.74, 6) is -0.755. The number of carboxylic acid groups (broad SMARTS) is 1. The highest BCUT2D eigenvalue weighted by Gasteiger charge is 2.36. The molecule has 1 heterocycles. The van der Waals surface area contributed by atoms with Crippen molar-refractivity contribution in [1.29, 1.82) is 0 Å². The summed E-state index contributed by atoms with van der Waals surface area (Å²) >= 11 is 12.3. The zero-order valence-electron chi connectivity index (χ0n) is 10.8. The smallest absolute Gasteiger partial charge is 0.320 e. The van der Waals surface area contributed by atoms with Gasteiger partial charge in [0.1, 0.15) is 6.04 Å². The molecule has 1 aromatic carbocycles. The predicted molar refractivity (Wildman–Crippen MR) is 76.9 cm³/mol. The number of hydrogen-bond acceptors (Lipinski definition) is 2. The Morgan fingerprint density at radius 1 is 1.53 bits per heavy atom. The summed E-state index contributed by atoms with van der Waals surface area (Å²) in [6.07, 6.45) is 2.42. The molecule has 1 aliphatic heterocycles. The highest BCUT2D eigenvalue weighted by molar-refractivity contribution is 6.42. The maximum atomic E-state index is 11.3. The third-order valence-electron chi connectivity index (χ3n) is 3.71. The zero-order valence-corrected chi connectivity index (χ0v) is 12.3. The van der Waals surface area contributed by atoms with Crippen molar-refractivity contribution < 1.29 is 9.90 Å². The molecule has 1 N–H and O–H groups in total. The van der Waals surface area contributed by atoms with E-state index in [0.717, 1.165) is 24.9 Å². The van der Waals surface area contributed by atoms with Gasteiger partial charge in [-0.25, -0.2) is 0 Å². The summed E-state index contributed by atoms with van der Waals surface area (Å²) in [4.78, 5) is 13.3. The van der Waals surface area contributed by atoms with Gasteiger partial charge in [0, 0.05) is 6.04 Å². The van der Waals surface area contributed by atoms with Gasteiger partial charge in [-0.05, 0) is 37.4 Å². The van der Waals surface area contributed by atoms with Crippen LogP contribution in [0.15, 0.2) is 18.2 Å². The fourth-order valence-corrected chi connectivity index (χ4v) is 3.27. The summed E-state index contributed by atoms with van der Waals surface area (Å²) < 4.78 is 0. The van der Waals surface area contributed by atoms with Crippen molar-refractivity contribution in [1.82, 2.24) is 4.90 Å². The van der Waals surface area contributed by atoms with Crippen LogP contribution in [0.3, 0.4) is 0 Å². The second-order valence-corrected chi connectivity index (χ2v) is 5.59. The van der Waals surface area contributed by atoms with E-state index in [4.69, 9.17) is 23.2 Å². The van der Waals surface area contributed by atoms with Crippen molar-refractivity contribution in [3.63, 3.8) is 0 Å². The number of aliphatic carboxylic acids is 1. The van der Waals surface area contributed by atoms with Crippen LogP contribution in [0.25, 0.3) is 0 Å². The number of hydrogen-bond donors (Lipinski definition) is 1. The first-order chi connectivity index (χ1) is 9.06. The average molecular weight is 302 g/mol. The standard InChI is InChI=1S/C14H17Cl2NO2/c1-2-11(9-5-3-6-10(15)13(9)16)17-8-4-7-12(17)14(18)19/h3,5-6,11-12H,2,4,7-8H2,1H3,(H,18,19). The number of benzene rings is 1. The third kappa shape index (κ3) is 2.88. The van der Waals surface area contributed by atoms with Gasteiger partial charge < -0.3 is 5.11 Å². The topological polar surface area (TPSA) is 40.5 Å². The Balaban J connectivity index is 2.34. The summed E-state index contributed by atoms with van der Waals surface area (Å²) in [6.45, 7) is 2.83. The molecule has 2 rings (SSSR count). The van der Waals surface area contributed by atoms with E-state index in [-0.39, 0.29) is 6.04 Å². The van der Waals surface area contributed by atoms with Crippen LogP contribution in [-0.4, -0.2) is 28.6 Å². The molecule has 1 aromatic rings. The first-order valence-corrected chi connectivity index (χ1v) is 7.24. The minimum atomic E-state index is -0.755. The van der Waals surface area contributed by atoms with Gasteiger partial charge in [0.15, 0.2) is 0 Å². The molecule has 1 saturated heterocycles. The van der Waals surface area contributed by atoms with E-state index in [1.807, 2.05) is 24.0 Å². The Kier molecular flexibility index (Phi) is 4.71. The van der Waals surface area contributed by atoms with E-state index >= 15 is 0 Å². The lowest BCUT2D eigenvalue weighted by Crippen LogP contribution is -2.38. The van der Waals surface area contributed by atoms with Crippen molar-refractivity contribution in [2.45, 2.75) is 38.3 Å². The third-order valence-corrected chi connectivity index (χ3v) is 4.54. The van der Waals surface area contributed by atoms with Gasteiger partial charge in [0.05, 0.1) is 10.0 Å². The molecule has 0 spiro atoms. The van der Waals surface area contributed by atoms with Gasteiger partial charge in [-0.2, -0.15) is 0 Å². The molecule has 19 heavy (non-hydrogen) atoms. The quantitative estimate of drug-likeness (QED) is 0.914. The van der Waals surface area contributed by atoms with Crippen molar-refractivity contribution in [3.05, 3.63) is 33.8 Å². The first kappa shape index (κ1) is 14.6. The molecule has 0 aromatic heterocycles. The fraction of sp³-hybridized carbons (Fsp3) is 0.500. The molecule has 5 heteroatoms. The summed E-state index contributed by atoms with van der Waals surface area (Å²) in [7, 11) is 0. The van der Waals surface area contributed by atoms with Crippen LogP contribution in [0.2, 0.25) is 10.0 Å². The monoisotopic (exact) mass is 301 g/mol. The first-order valence-electron chi connectivity index (χ1n) is 6.48. The minimum Gasteiger partial charge on any atom is -0.480 e. The van der Waals surface area contributed by atoms with E-state index in [1.54, 1.807) is 6.07 Å². The zero-order chi connectivity index (χ0) is 14.0. The Morgan fingerprint density at radius 3 is 2.89 bits per heavy atom. The molecule has 104 valence electrons. The predicted octanol–water partition coefficient (Wildman–Crippen LogP) is 3.99. The molecule has 0 aliphatic carbocycles. The van der Waals surface area contributed by atoms with Crippen molar-refractivity contribution in [2.75, 3.05) is 6.54 Å². The maximum Gasteiger partial charge on any atom is 0.320 e. The summed E-state index contributed by atoms with van der Waals surface area (Å²) in [5.41, 5.74) is 0.921. The van der Waals surface area contributed by atoms with Crippen molar-refractivity contribution in [2.24, 2.45) is 0 Å². The number of rotatable bonds is 4. The number of likely N-dealkylation sites (tertiary alicyclic amines) is 1. The lowest BCUT2D eigenvalue weighted by Gasteiger charge is -2.31. The van der Waals surface area contributed by atoms with Crippen LogP contribution in [0.1, 0.15) is 37.8 Å². The van der Waals surface area contributed by atoms with Gasteiger partial charge >= 0.3 is 5.97 Å². The Hall–Kier alpha value is -0.770. The molecule has 2 atom stereocenters. The molecule has 0 bridgehead atoms. The number of carbonyl (C=O) groups is 1. The average Bonchev–Trinajstić information content (AvgIpc) is 2.85. The largest absolute Gasteiger partial charge is 0.480 e. The Bertz CT molecular complexity index is 479. The lowest BCUT2D eigenvalue weighted by molar-refractivity contribution is -0.143. The van der Waals surface area contributed by atoms with Gasteiger partial charge in [-0.1, -0.05) is 42.3 Å². The van der Waals surface area contributed by atoms with E-state index < -0.39 is 12.0 Å². The van der Waals surface area contributed by atoms with E-state index in [9.17, 15) is 9.90 Å². The Labute approximate surface area is 123 Å². The summed E-state index contributed by atoms with van der Waals surface area (Å²) in [6, 6.07) is 5.13.